The van der Waals surface area contributed by atoms with Crippen LogP contribution in [-0.4, -0.2) is 0 Å². The zero-order chi connectivity index (χ0) is 9.80. The molecule has 14 heavy (non-hydrogen) atoms. The molecule has 2 aromatic rings. The standard InChI is InChI=1S/C12H12S2/c1-10-7-12(9-13-10)14-8-11-5-3-2-4-6-11/h2-7,9H,8H2,1H3. The third-order valence-electron chi connectivity index (χ3n) is 1.95. The molecule has 0 saturated carbocycles. The highest BCUT2D eigenvalue weighted by Crippen LogP contribution is 2.26. The third kappa shape index (κ3) is 2.63. The van der Waals surface area contributed by atoms with Crippen LogP contribution in [0.2, 0.25) is 0 Å². The zero-order valence-corrected chi connectivity index (χ0v) is 9.70. The fraction of sp³-hybridized carbons (Fsp3) is 0.167. The van der Waals surface area contributed by atoms with E-state index >= 15 is 0 Å². The van der Waals surface area contributed by atoms with E-state index in [-0.39, 0.29) is 0 Å². The van der Waals surface area contributed by atoms with Gasteiger partial charge in [0.05, 0.1) is 0 Å². The summed E-state index contributed by atoms with van der Waals surface area (Å²) in [5.41, 5.74) is 1.39. The Kier molecular flexibility index (Phi) is 3.27. The second-order valence-electron chi connectivity index (χ2n) is 3.17. The summed E-state index contributed by atoms with van der Waals surface area (Å²) in [5.74, 6) is 1.07. The van der Waals surface area contributed by atoms with Gasteiger partial charge in [-0.15, -0.1) is 23.1 Å². The number of thiophene rings is 1. The van der Waals surface area contributed by atoms with Gasteiger partial charge in [0.25, 0.3) is 0 Å². The molecule has 0 spiro atoms. The van der Waals surface area contributed by atoms with Crippen molar-refractivity contribution in [3.8, 4) is 0 Å². The summed E-state index contributed by atoms with van der Waals surface area (Å²) in [7, 11) is 0. The Balaban J connectivity index is 1.95. The quantitative estimate of drug-likeness (QED) is 0.693. The van der Waals surface area contributed by atoms with Crippen molar-refractivity contribution in [2.24, 2.45) is 0 Å². The van der Waals surface area contributed by atoms with Crippen LogP contribution in [0.4, 0.5) is 0 Å². The van der Waals surface area contributed by atoms with Gasteiger partial charge in [0.2, 0.25) is 0 Å². The van der Waals surface area contributed by atoms with Crippen LogP contribution in [0.1, 0.15) is 10.4 Å². The van der Waals surface area contributed by atoms with Gasteiger partial charge in [0.1, 0.15) is 0 Å². The lowest BCUT2D eigenvalue weighted by molar-refractivity contribution is 1.40. The summed E-state index contributed by atoms with van der Waals surface area (Å²) in [6.45, 7) is 2.15. The molecule has 0 fully saturated rings. The molecule has 0 aliphatic rings. The lowest BCUT2D eigenvalue weighted by Gasteiger charge is -1.98. The molecule has 0 radical (unpaired) electrons. The lowest BCUT2D eigenvalue weighted by atomic mass is 10.2. The van der Waals surface area contributed by atoms with Gasteiger partial charge in [-0.25, -0.2) is 0 Å². The van der Waals surface area contributed by atoms with Crippen molar-refractivity contribution in [1.29, 1.82) is 0 Å². The summed E-state index contributed by atoms with van der Waals surface area (Å²) < 4.78 is 0. The summed E-state index contributed by atoms with van der Waals surface area (Å²) in [4.78, 5) is 2.77. The van der Waals surface area contributed by atoms with Crippen molar-refractivity contribution in [3.05, 3.63) is 52.2 Å². The maximum Gasteiger partial charge on any atom is 0.0232 e. The van der Waals surface area contributed by atoms with Crippen LogP contribution in [0.3, 0.4) is 0 Å². The van der Waals surface area contributed by atoms with Gasteiger partial charge in [-0.2, -0.15) is 0 Å². The largest absolute Gasteiger partial charge is 0.148 e. The van der Waals surface area contributed by atoms with Crippen LogP contribution in [0.25, 0.3) is 0 Å². The minimum absolute atomic E-state index is 1.07. The number of rotatable bonds is 3. The molecule has 1 aromatic carbocycles. The maximum absolute atomic E-state index is 2.25. The number of hydrogen-bond donors (Lipinski definition) is 0. The zero-order valence-electron chi connectivity index (χ0n) is 8.07. The molecule has 2 heteroatoms. The minimum atomic E-state index is 1.07. The first-order chi connectivity index (χ1) is 6.84. The first-order valence-electron chi connectivity index (χ1n) is 4.56. The van der Waals surface area contributed by atoms with Crippen molar-refractivity contribution in [2.45, 2.75) is 17.6 Å². The Morgan fingerprint density at radius 2 is 2.00 bits per heavy atom. The molecule has 0 amide bonds. The van der Waals surface area contributed by atoms with Crippen molar-refractivity contribution in [2.75, 3.05) is 0 Å². The second kappa shape index (κ2) is 4.67. The summed E-state index contributed by atoms with van der Waals surface area (Å²) in [6.07, 6.45) is 0. The Morgan fingerprint density at radius 3 is 2.64 bits per heavy atom. The van der Waals surface area contributed by atoms with Gasteiger partial charge in [0, 0.05) is 20.9 Å². The maximum atomic E-state index is 2.25. The predicted octanol–water partition coefficient (Wildman–Crippen LogP) is 4.35. The molecule has 0 saturated heterocycles. The molecule has 0 bridgehead atoms. The van der Waals surface area contributed by atoms with Crippen LogP contribution >= 0.6 is 23.1 Å². The van der Waals surface area contributed by atoms with Gasteiger partial charge in [-0.3, -0.25) is 0 Å². The first-order valence-corrected chi connectivity index (χ1v) is 6.43. The Hall–Kier alpha value is -0.730. The third-order valence-corrected chi connectivity index (χ3v) is 4.01. The minimum Gasteiger partial charge on any atom is -0.148 e. The summed E-state index contributed by atoms with van der Waals surface area (Å²) in [6, 6.07) is 12.8. The molecule has 0 nitrogen and oxygen atoms in total. The molecular formula is C12H12S2. The van der Waals surface area contributed by atoms with E-state index in [0.717, 1.165) is 5.75 Å². The van der Waals surface area contributed by atoms with E-state index in [1.54, 1.807) is 0 Å². The van der Waals surface area contributed by atoms with Gasteiger partial charge >= 0.3 is 0 Å². The number of thioether (sulfide) groups is 1. The molecule has 2 rings (SSSR count). The number of hydrogen-bond acceptors (Lipinski definition) is 2. The predicted molar refractivity (Wildman–Crippen MR) is 65.1 cm³/mol. The van der Waals surface area contributed by atoms with Crippen molar-refractivity contribution in [3.63, 3.8) is 0 Å². The van der Waals surface area contributed by atoms with Crippen LogP contribution in [0.15, 0.2) is 46.7 Å². The first kappa shape index (κ1) is 9.81. The molecule has 0 N–H and O–H groups in total. The smallest absolute Gasteiger partial charge is 0.0232 e. The number of benzene rings is 1. The monoisotopic (exact) mass is 220 g/mol. The molecule has 1 heterocycles. The molecule has 1 aromatic heterocycles. The van der Waals surface area contributed by atoms with Crippen LogP contribution in [-0.2, 0) is 5.75 Å². The summed E-state index contributed by atoms with van der Waals surface area (Å²) in [5, 5.41) is 2.23. The van der Waals surface area contributed by atoms with Gasteiger partial charge in [-0.05, 0) is 18.6 Å². The van der Waals surface area contributed by atoms with E-state index in [0.29, 0.717) is 0 Å². The fourth-order valence-corrected chi connectivity index (χ4v) is 3.08. The van der Waals surface area contributed by atoms with Gasteiger partial charge in [-0.1, -0.05) is 30.3 Å². The van der Waals surface area contributed by atoms with E-state index in [1.165, 1.54) is 15.3 Å². The van der Waals surface area contributed by atoms with Crippen molar-refractivity contribution >= 4 is 23.1 Å². The topological polar surface area (TPSA) is 0 Å². The highest BCUT2D eigenvalue weighted by molar-refractivity contribution is 7.98. The highest BCUT2D eigenvalue weighted by atomic mass is 32.2. The van der Waals surface area contributed by atoms with E-state index in [2.05, 4.69) is 48.7 Å². The second-order valence-corrected chi connectivity index (χ2v) is 5.33. The van der Waals surface area contributed by atoms with Gasteiger partial charge in [0.15, 0.2) is 0 Å². The molecule has 72 valence electrons. The van der Waals surface area contributed by atoms with E-state index in [4.69, 9.17) is 0 Å². The van der Waals surface area contributed by atoms with E-state index < -0.39 is 0 Å². The Labute approximate surface area is 93.0 Å². The normalized spacial score (nSPS) is 10.4. The molecule has 0 atom stereocenters. The molecule has 0 aliphatic heterocycles. The molecule has 0 aliphatic carbocycles. The van der Waals surface area contributed by atoms with Crippen molar-refractivity contribution in [1.82, 2.24) is 0 Å². The number of aryl methyl sites for hydroxylation is 1. The van der Waals surface area contributed by atoms with E-state index in [9.17, 15) is 0 Å². The average molecular weight is 220 g/mol. The molecule has 0 unspecified atom stereocenters. The Bertz CT molecular complexity index is 390. The van der Waals surface area contributed by atoms with Crippen molar-refractivity contribution < 1.29 is 0 Å². The Morgan fingerprint density at radius 1 is 1.21 bits per heavy atom. The highest BCUT2D eigenvalue weighted by Gasteiger charge is 1.97. The average Bonchev–Trinajstić information content (AvgIpc) is 2.63. The van der Waals surface area contributed by atoms with Gasteiger partial charge < -0.3 is 0 Å². The molecular weight excluding hydrogens is 208 g/mol. The SMILES string of the molecule is Cc1cc(SCc2ccccc2)cs1. The van der Waals surface area contributed by atoms with E-state index in [1.807, 2.05) is 23.1 Å². The summed E-state index contributed by atoms with van der Waals surface area (Å²) >= 11 is 3.72. The van der Waals surface area contributed by atoms with Crippen LogP contribution in [0, 0.1) is 6.92 Å². The lowest BCUT2D eigenvalue weighted by Crippen LogP contribution is -1.77. The fourth-order valence-electron chi connectivity index (χ4n) is 1.24. The van der Waals surface area contributed by atoms with Crippen LogP contribution < -0.4 is 0 Å². The van der Waals surface area contributed by atoms with Crippen LogP contribution in [0.5, 0.6) is 0 Å².